The highest BCUT2D eigenvalue weighted by molar-refractivity contribution is 7.09. The molecule has 4 nitrogen and oxygen atoms in total. The number of hydrogen-bond donors (Lipinski definition) is 0. The largest absolute Gasteiger partial charge is 0.336 e. The quantitative estimate of drug-likeness (QED) is 0.790. The van der Waals surface area contributed by atoms with Crippen molar-refractivity contribution in [2.45, 2.75) is 38.2 Å². The van der Waals surface area contributed by atoms with E-state index in [4.69, 9.17) is 0 Å². The van der Waals surface area contributed by atoms with Gasteiger partial charge in [-0.2, -0.15) is 0 Å². The van der Waals surface area contributed by atoms with Gasteiger partial charge in [0, 0.05) is 43.5 Å². The number of alkyl halides is 2. The number of carbonyl (C=O) groups excluding carboxylic acids is 1. The van der Waals surface area contributed by atoms with Crippen LogP contribution in [0.3, 0.4) is 0 Å². The van der Waals surface area contributed by atoms with Crippen LogP contribution in [-0.2, 0) is 11.3 Å². The fourth-order valence-electron chi connectivity index (χ4n) is 4.35. The molecule has 0 N–H and O–H groups in total. The van der Waals surface area contributed by atoms with E-state index in [1.54, 1.807) is 16.8 Å². The molecule has 126 valence electrons. The van der Waals surface area contributed by atoms with Crippen molar-refractivity contribution in [2.75, 3.05) is 26.2 Å². The third-order valence-electron chi connectivity index (χ3n) is 5.41. The Morgan fingerprint density at radius 1 is 1.35 bits per heavy atom. The second kappa shape index (κ2) is 5.48. The Hall–Kier alpha value is -1.08. The standard InChI is InChI=1S/C16H21F2N3OS/c17-16(18)4-12(5-16)7-20-3-1-2-15(9-20)10-21(14(15)22)8-13-6-19-11-23-13/h6,11-12H,1-5,7-10H2/t15-/m1/s1. The molecule has 1 spiro atoms. The number of thiazole rings is 1. The van der Waals surface area contributed by atoms with Gasteiger partial charge in [-0.15, -0.1) is 11.3 Å². The van der Waals surface area contributed by atoms with Gasteiger partial charge < -0.3 is 9.80 Å². The average Bonchev–Trinajstić information content (AvgIpc) is 2.98. The van der Waals surface area contributed by atoms with Crippen molar-refractivity contribution in [3.8, 4) is 0 Å². The first-order chi connectivity index (χ1) is 11.0. The number of halogens is 2. The number of β-lactam (4-membered cyclic amide) rings is 1. The fourth-order valence-corrected chi connectivity index (χ4v) is 4.96. The first kappa shape index (κ1) is 15.4. The van der Waals surface area contributed by atoms with Crippen molar-refractivity contribution < 1.29 is 13.6 Å². The first-order valence-corrected chi connectivity index (χ1v) is 9.11. The molecule has 23 heavy (non-hydrogen) atoms. The topological polar surface area (TPSA) is 36.4 Å². The van der Waals surface area contributed by atoms with Crippen LogP contribution in [0.1, 0.15) is 30.6 Å². The van der Waals surface area contributed by atoms with Crippen molar-refractivity contribution in [1.29, 1.82) is 0 Å². The Kier molecular flexibility index (Phi) is 3.68. The van der Waals surface area contributed by atoms with Gasteiger partial charge in [0.05, 0.1) is 17.5 Å². The van der Waals surface area contributed by atoms with E-state index in [0.717, 1.165) is 43.9 Å². The van der Waals surface area contributed by atoms with E-state index in [-0.39, 0.29) is 30.1 Å². The Labute approximate surface area is 138 Å². The smallest absolute Gasteiger partial charge is 0.248 e. The van der Waals surface area contributed by atoms with E-state index in [1.807, 2.05) is 11.1 Å². The highest BCUT2D eigenvalue weighted by atomic mass is 32.1. The number of amides is 1. The van der Waals surface area contributed by atoms with Gasteiger partial charge in [0.2, 0.25) is 11.8 Å². The van der Waals surface area contributed by atoms with Crippen LogP contribution in [-0.4, -0.2) is 52.8 Å². The molecule has 1 aliphatic carbocycles. The number of aromatic nitrogens is 1. The van der Waals surface area contributed by atoms with E-state index in [1.165, 1.54) is 0 Å². The number of piperidine rings is 1. The molecule has 1 aromatic rings. The summed E-state index contributed by atoms with van der Waals surface area (Å²) in [6.45, 7) is 3.85. The molecule has 3 heterocycles. The molecule has 1 amide bonds. The van der Waals surface area contributed by atoms with E-state index in [2.05, 4.69) is 9.88 Å². The maximum absolute atomic E-state index is 13.0. The van der Waals surface area contributed by atoms with E-state index in [0.29, 0.717) is 6.54 Å². The van der Waals surface area contributed by atoms with Crippen LogP contribution in [0.15, 0.2) is 11.7 Å². The number of rotatable bonds is 4. The Morgan fingerprint density at radius 2 is 2.17 bits per heavy atom. The minimum absolute atomic E-state index is 0.0158. The lowest BCUT2D eigenvalue weighted by molar-refractivity contribution is -0.169. The van der Waals surface area contributed by atoms with Crippen molar-refractivity contribution >= 4 is 17.2 Å². The van der Waals surface area contributed by atoms with Crippen LogP contribution < -0.4 is 0 Å². The van der Waals surface area contributed by atoms with Crippen LogP contribution in [0.4, 0.5) is 8.78 Å². The first-order valence-electron chi connectivity index (χ1n) is 8.23. The minimum Gasteiger partial charge on any atom is -0.336 e. The number of carbonyl (C=O) groups is 1. The molecule has 3 aliphatic rings. The second-order valence-electron chi connectivity index (χ2n) is 7.38. The van der Waals surface area contributed by atoms with Crippen LogP contribution in [0, 0.1) is 11.3 Å². The molecule has 3 fully saturated rings. The fraction of sp³-hybridized carbons (Fsp3) is 0.750. The molecule has 0 unspecified atom stereocenters. The summed E-state index contributed by atoms with van der Waals surface area (Å²) < 4.78 is 26.0. The number of likely N-dealkylation sites (tertiary alicyclic amines) is 2. The molecule has 0 bridgehead atoms. The molecule has 4 rings (SSSR count). The van der Waals surface area contributed by atoms with Gasteiger partial charge in [-0.05, 0) is 25.3 Å². The van der Waals surface area contributed by atoms with Crippen LogP contribution in [0.2, 0.25) is 0 Å². The normalized spacial score (nSPS) is 31.2. The zero-order valence-electron chi connectivity index (χ0n) is 13.0. The SMILES string of the molecule is O=C1N(Cc2cncs2)C[C@]12CCCN(CC1CC(F)(F)C1)C2. The number of nitrogens with zero attached hydrogens (tertiary/aromatic N) is 3. The average molecular weight is 341 g/mol. The maximum atomic E-state index is 13.0. The maximum Gasteiger partial charge on any atom is 0.248 e. The summed E-state index contributed by atoms with van der Waals surface area (Å²) in [4.78, 5) is 21.9. The molecule has 2 aliphatic heterocycles. The predicted octanol–water partition coefficient (Wildman–Crippen LogP) is 2.61. The molecule has 0 aromatic carbocycles. The molecule has 0 radical (unpaired) electrons. The summed E-state index contributed by atoms with van der Waals surface area (Å²) in [6.07, 6.45) is 3.77. The Balaban J connectivity index is 1.32. The third-order valence-corrected chi connectivity index (χ3v) is 6.18. The zero-order chi connectivity index (χ0) is 16.1. The van der Waals surface area contributed by atoms with Crippen molar-refractivity contribution in [2.24, 2.45) is 11.3 Å². The van der Waals surface area contributed by atoms with Crippen molar-refractivity contribution in [3.05, 3.63) is 16.6 Å². The second-order valence-corrected chi connectivity index (χ2v) is 8.35. The van der Waals surface area contributed by atoms with Gasteiger partial charge in [-0.1, -0.05) is 0 Å². The van der Waals surface area contributed by atoms with Crippen molar-refractivity contribution in [1.82, 2.24) is 14.8 Å². The van der Waals surface area contributed by atoms with Crippen LogP contribution in [0.5, 0.6) is 0 Å². The minimum atomic E-state index is -2.45. The van der Waals surface area contributed by atoms with Gasteiger partial charge in [-0.3, -0.25) is 9.78 Å². The zero-order valence-corrected chi connectivity index (χ0v) is 13.8. The molecular weight excluding hydrogens is 320 g/mol. The highest BCUT2D eigenvalue weighted by Gasteiger charge is 2.54. The summed E-state index contributed by atoms with van der Waals surface area (Å²) in [5, 5.41) is 0. The summed E-state index contributed by atoms with van der Waals surface area (Å²) >= 11 is 1.57. The summed E-state index contributed by atoms with van der Waals surface area (Å²) in [5.41, 5.74) is 1.53. The lowest BCUT2D eigenvalue weighted by Gasteiger charge is -2.54. The molecule has 1 aromatic heterocycles. The van der Waals surface area contributed by atoms with Gasteiger partial charge >= 0.3 is 0 Å². The van der Waals surface area contributed by atoms with Crippen molar-refractivity contribution in [3.63, 3.8) is 0 Å². The van der Waals surface area contributed by atoms with Gasteiger partial charge in [-0.25, -0.2) is 8.78 Å². The Morgan fingerprint density at radius 3 is 2.83 bits per heavy atom. The molecule has 7 heteroatoms. The lowest BCUT2D eigenvalue weighted by Crippen LogP contribution is -2.66. The predicted molar refractivity (Wildman–Crippen MR) is 83.3 cm³/mol. The molecule has 2 saturated heterocycles. The lowest BCUT2D eigenvalue weighted by atomic mass is 9.71. The monoisotopic (exact) mass is 341 g/mol. The summed E-state index contributed by atoms with van der Waals surface area (Å²) in [7, 11) is 0. The molecular formula is C16H21F2N3OS. The third kappa shape index (κ3) is 2.89. The summed E-state index contributed by atoms with van der Waals surface area (Å²) in [6, 6.07) is 0. The van der Waals surface area contributed by atoms with E-state index >= 15 is 0 Å². The van der Waals surface area contributed by atoms with Crippen LogP contribution in [0.25, 0.3) is 0 Å². The molecule has 1 atom stereocenters. The Bertz CT molecular complexity index is 586. The summed E-state index contributed by atoms with van der Waals surface area (Å²) in [5.74, 6) is -2.12. The van der Waals surface area contributed by atoms with Gasteiger partial charge in [0.15, 0.2) is 0 Å². The highest BCUT2D eigenvalue weighted by Crippen LogP contribution is 2.45. The van der Waals surface area contributed by atoms with E-state index in [9.17, 15) is 13.6 Å². The van der Waals surface area contributed by atoms with Crippen LogP contribution >= 0.6 is 11.3 Å². The number of hydrogen-bond acceptors (Lipinski definition) is 4. The van der Waals surface area contributed by atoms with Gasteiger partial charge in [0.1, 0.15) is 0 Å². The molecule has 1 saturated carbocycles. The van der Waals surface area contributed by atoms with Gasteiger partial charge in [0.25, 0.3) is 0 Å². The van der Waals surface area contributed by atoms with E-state index < -0.39 is 5.92 Å².